The van der Waals surface area contributed by atoms with Crippen molar-refractivity contribution in [1.82, 2.24) is 10.2 Å². The summed E-state index contributed by atoms with van der Waals surface area (Å²) in [5.74, 6) is 1.43. The van der Waals surface area contributed by atoms with Crippen molar-refractivity contribution in [2.24, 2.45) is 5.92 Å². The molecular weight excluding hydrogens is 306 g/mol. The van der Waals surface area contributed by atoms with Crippen LogP contribution in [0.1, 0.15) is 26.2 Å². The highest BCUT2D eigenvalue weighted by Crippen LogP contribution is 2.25. The SMILES string of the molecule is COc1cccc(N2C[C@H](NC(=O)N3CCC(C)CC3)CC2=O)c1. The molecule has 1 atom stereocenters. The number of nitrogens with one attached hydrogen (secondary N) is 1. The van der Waals surface area contributed by atoms with Crippen LogP contribution in [-0.4, -0.2) is 49.6 Å². The van der Waals surface area contributed by atoms with Gasteiger partial charge < -0.3 is 19.9 Å². The van der Waals surface area contributed by atoms with E-state index in [1.54, 1.807) is 12.0 Å². The number of rotatable bonds is 3. The number of carbonyl (C=O) groups excluding carboxylic acids is 2. The van der Waals surface area contributed by atoms with E-state index in [1.165, 1.54) is 0 Å². The Morgan fingerprint density at radius 1 is 1.29 bits per heavy atom. The number of piperidine rings is 1. The first-order chi connectivity index (χ1) is 11.6. The molecule has 3 amide bonds. The Hall–Kier alpha value is -2.24. The Kier molecular flexibility index (Phi) is 4.92. The second-order valence-corrected chi connectivity index (χ2v) is 6.73. The number of methoxy groups -OCH3 is 1. The first-order valence-corrected chi connectivity index (χ1v) is 8.56. The van der Waals surface area contributed by atoms with Crippen LogP contribution in [0.5, 0.6) is 5.75 Å². The van der Waals surface area contributed by atoms with Gasteiger partial charge in [0.1, 0.15) is 5.75 Å². The average Bonchev–Trinajstić information content (AvgIpc) is 2.95. The molecule has 0 aliphatic carbocycles. The maximum atomic E-state index is 12.4. The summed E-state index contributed by atoms with van der Waals surface area (Å²) in [6, 6.07) is 7.25. The summed E-state index contributed by atoms with van der Waals surface area (Å²) in [7, 11) is 1.60. The number of benzene rings is 1. The molecule has 2 aliphatic rings. The van der Waals surface area contributed by atoms with Crippen molar-refractivity contribution < 1.29 is 14.3 Å². The van der Waals surface area contributed by atoms with Crippen molar-refractivity contribution in [3.05, 3.63) is 24.3 Å². The molecule has 1 aromatic carbocycles. The van der Waals surface area contributed by atoms with E-state index >= 15 is 0 Å². The van der Waals surface area contributed by atoms with Gasteiger partial charge in [0.25, 0.3) is 0 Å². The number of carbonyl (C=O) groups is 2. The third-order valence-corrected chi connectivity index (χ3v) is 4.89. The molecule has 1 N–H and O–H groups in total. The van der Waals surface area contributed by atoms with Crippen LogP contribution in [0.4, 0.5) is 10.5 Å². The molecule has 1 aromatic rings. The summed E-state index contributed by atoms with van der Waals surface area (Å²) in [6.07, 6.45) is 2.44. The predicted molar refractivity (Wildman–Crippen MR) is 92.3 cm³/mol. The molecule has 0 saturated carbocycles. The lowest BCUT2D eigenvalue weighted by atomic mass is 10.00. The first kappa shape index (κ1) is 16.6. The topological polar surface area (TPSA) is 61.9 Å². The maximum absolute atomic E-state index is 12.4. The lowest BCUT2D eigenvalue weighted by Crippen LogP contribution is -2.48. The lowest BCUT2D eigenvalue weighted by Gasteiger charge is -2.31. The Morgan fingerprint density at radius 2 is 2.04 bits per heavy atom. The molecule has 2 fully saturated rings. The molecular formula is C18H25N3O3. The van der Waals surface area contributed by atoms with Gasteiger partial charge in [0, 0.05) is 37.8 Å². The number of anilines is 1. The van der Waals surface area contributed by atoms with Gasteiger partial charge in [0.2, 0.25) is 5.91 Å². The van der Waals surface area contributed by atoms with Gasteiger partial charge in [-0.1, -0.05) is 13.0 Å². The van der Waals surface area contributed by atoms with Gasteiger partial charge in [-0.05, 0) is 30.9 Å². The zero-order valence-corrected chi connectivity index (χ0v) is 14.3. The predicted octanol–water partition coefficient (Wildman–Crippen LogP) is 2.24. The van der Waals surface area contributed by atoms with E-state index in [-0.39, 0.29) is 18.0 Å². The molecule has 130 valence electrons. The van der Waals surface area contributed by atoms with Crippen LogP contribution in [0.2, 0.25) is 0 Å². The molecule has 2 aliphatic heterocycles. The van der Waals surface area contributed by atoms with Crippen molar-refractivity contribution in [2.75, 3.05) is 31.6 Å². The Bertz CT molecular complexity index is 611. The second kappa shape index (κ2) is 7.11. The molecule has 6 heteroatoms. The molecule has 0 unspecified atom stereocenters. The van der Waals surface area contributed by atoms with E-state index in [4.69, 9.17) is 4.74 Å². The molecule has 0 spiro atoms. The van der Waals surface area contributed by atoms with E-state index in [9.17, 15) is 9.59 Å². The van der Waals surface area contributed by atoms with Gasteiger partial charge in [-0.25, -0.2) is 4.79 Å². The summed E-state index contributed by atoms with van der Waals surface area (Å²) in [5, 5.41) is 3.02. The summed E-state index contributed by atoms with van der Waals surface area (Å²) in [6.45, 7) is 4.32. The van der Waals surface area contributed by atoms with Gasteiger partial charge >= 0.3 is 6.03 Å². The van der Waals surface area contributed by atoms with E-state index in [2.05, 4.69) is 12.2 Å². The number of hydrogen-bond acceptors (Lipinski definition) is 3. The highest BCUT2D eigenvalue weighted by atomic mass is 16.5. The van der Waals surface area contributed by atoms with Crippen molar-refractivity contribution in [3.8, 4) is 5.75 Å². The molecule has 2 heterocycles. The quantitative estimate of drug-likeness (QED) is 0.924. The maximum Gasteiger partial charge on any atom is 0.317 e. The summed E-state index contributed by atoms with van der Waals surface area (Å²) < 4.78 is 5.21. The number of urea groups is 1. The molecule has 0 radical (unpaired) electrons. The van der Waals surface area contributed by atoms with Crippen LogP contribution in [0, 0.1) is 5.92 Å². The van der Waals surface area contributed by atoms with Crippen molar-refractivity contribution in [2.45, 2.75) is 32.2 Å². The van der Waals surface area contributed by atoms with Gasteiger partial charge in [0.15, 0.2) is 0 Å². The van der Waals surface area contributed by atoms with E-state index in [0.29, 0.717) is 18.9 Å². The minimum absolute atomic E-state index is 0.0285. The third-order valence-electron chi connectivity index (χ3n) is 4.89. The van der Waals surface area contributed by atoms with Crippen LogP contribution >= 0.6 is 0 Å². The van der Waals surface area contributed by atoms with E-state index < -0.39 is 0 Å². The molecule has 3 rings (SSSR count). The Labute approximate surface area is 142 Å². The fraction of sp³-hybridized carbons (Fsp3) is 0.556. The normalized spacial score (nSPS) is 21.9. The van der Waals surface area contributed by atoms with Gasteiger partial charge in [-0.15, -0.1) is 0 Å². The van der Waals surface area contributed by atoms with Crippen LogP contribution in [0.3, 0.4) is 0 Å². The van der Waals surface area contributed by atoms with Gasteiger partial charge in [-0.3, -0.25) is 4.79 Å². The first-order valence-electron chi connectivity index (χ1n) is 8.56. The Balaban J connectivity index is 1.59. The average molecular weight is 331 g/mol. The fourth-order valence-electron chi connectivity index (χ4n) is 3.31. The summed E-state index contributed by atoms with van der Waals surface area (Å²) >= 11 is 0. The van der Waals surface area contributed by atoms with Gasteiger partial charge in [-0.2, -0.15) is 0 Å². The van der Waals surface area contributed by atoms with Crippen LogP contribution in [-0.2, 0) is 4.79 Å². The van der Waals surface area contributed by atoms with E-state index in [1.807, 2.05) is 29.2 Å². The number of amides is 3. The number of nitrogens with zero attached hydrogens (tertiary/aromatic N) is 2. The largest absolute Gasteiger partial charge is 0.497 e. The number of likely N-dealkylation sites (tertiary alicyclic amines) is 1. The molecule has 0 bridgehead atoms. The van der Waals surface area contributed by atoms with Crippen LogP contribution < -0.4 is 15.0 Å². The third kappa shape index (κ3) is 3.63. The number of hydrogen-bond donors (Lipinski definition) is 1. The highest BCUT2D eigenvalue weighted by Gasteiger charge is 2.33. The molecule has 2 saturated heterocycles. The monoisotopic (exact) mass is 331 g/mol. The smallest absolute Gasteiger partial charge is 0.317 e. The second-order valence-electron chi connectivity index (χ2n) is 6.73. The van der Waals surface area contributed by atoms with Crippen molar-refractivity contribution in [1.29, 1.82) is 0 Å². The fourth-order valence-corrected chi connectivity index (χ4v) is 3.31. The number of ether oxygens (including phenoxy) is 1. The summed E-state index contributed by atoms with van der Waals surface area (Å²) in [4.78, 5) is 28.3. The minimum Gasteiger partial charge on any atom is -0.497 e. The van der Waals surface area contributed by atoms with Crippen LogP contribution in [0.25, 0.3) is 0 Å². The zero-order chi connectivity index (χ0) is 17.1. The zero-order valence-electron chi connectivity index (χ0n) is 14.3. The van der Waals surface area contributed by atoms with E-state index in [0.717, 1.165) is 37.4 Å². The van der Waals surface area contributed by atoms with Crippen molar-refractivity contribution >= 4 is 17.6 Å². The lowest BCUT2D eigenvalue weighted by molar-refractivity contribution is -0.117. The highest BCUT2D eigenvalue weighted by molar-refractivity contribution is 5.97. The summed E-state index contributed by atoms with van der Waals surface area (Å²) in [5.41, 5.74) is 0.808. The van der Waals surface area contributed by atoms with Crippen molar-refractivity contribution in [3.63, 3.8) is 0 Å². The minimum atomic E-state index is -0.143. The molecule has 24 heavy (non-hydrogen) atoms. The molecule has 6 nitrogen and oxygen atoms in total. The van der Waals surface area contributed by atoms with Gasteiger partial charge in [0.05, 0.1) is 13.2 Å². The van der Waals surface area contributed by atoms with Crippen LogP contribution in [0.15, 0.2) is 24.3 Å². The standard InChI is InChI=1S/C18H25N3O3/c1-13-6-8-20(9-7-13)18(23)19-14-10-17(22)21(12-14)15-4-3-5-16(11-15)24-2/h3-5,11,13-14H,6-10,12H2,1-2H3,(H,19,23)/t14-/m1/s1. The Morgan fingerprint density at radius 3 is 2.75 bits per heavy atom. The molecule has 0 aromatic heterocycles.